The number of fused-ring (bicyclic) bond motifs is 1. The Morgan fingerprint density at radius 3 is 2.68 bits per heavy atom. The van der Waals surface area contributed by atoms with Gasteiger partial charge < -0.3 is 14.6 Å². The topological polar surface area (TPSA) is 111 Å². The van der Waals surface area contributed by atoms with Crippen LogP contribution in [0.5, 0.6) is 5.75 Å². The van der Waals surface area contributed by atoms with E-state index >= 15 is 0 Å². The van der Waals surface area contributed by atoms with Crippen molar-refractivity contribution in [3.8, 4) is 5.75 Å². The number of carbonyl (C=O) groups excluding carboxylic acids is 1. The van der Waals surface area contributed by atoms with Crippen LogP contribution in [0.1, 0.15) is 35.8 Å². The molecule has 1 aromatic heterocycles. The van der Waals surface area contributed by atoms with Gasteiger partial charge in [0.2, 0.25) is 0 Å². The number of aliphatic hydroxyl groups is 1. The first-order valence-corrected chi connectivity index (χ1v) is 7.66. The number of carbonyl (C=O) groups is 1. The van der Waals surface area contributed by atoms with E-state index in [-0.39, 0.29) is 5.56 Å². The van der Waals surface area contributed by atoms with Crippen LogP contribution in [-0.2, 0) is 4.74 Å². The van der Waals surface area contributed by atoms with Gasteiger partial charge in [-0.2, -0.15) is 0 Å². The second kappa shape index (κ2) is 5.89. The molecule has 3 rings (SSSR count). The molecule has 8 nitrogen and oxygen atoms in total. The van der Waals surface area contributed by atoms with Gasteiger partial charge in [0.1, 0.15) is 23.5 Å². The molecule has 0 radical (unpaired) electrons. The van der Waals surface area contributed by atoms with Crippen molar-refractivity contribution in [3.63, 3.8) is 0 Å². The summed E-state index contributed by atoms with van der Waals surface area (Å²) >= 11 is 0. The highest BCUT2D eigenvalue weighted by molar-refractivity contribution is 5.89. The molecular formula is C17H18N2O6. The van der Waals surface area contributed by atoms with E-state index in [1.165, 1.54) is 19.2 Å². The minimum Gasteiger partial charge on any atom is -0.485 e. The lowest BCUT2D eigenvalue weighted by atomic mass is 9.86. The molecular weight excluding hydrogens is 328 g/mol. The van der Waals surface area contributed by atoms with E-state index < -0.39 is 34.8 Å². The zero-order valence-corrected chi connectivity index (χ0v) is 14.0. The Morgan fingerprint density at radius 1 is 1.28 bits per heavy atom. The third kappa shape index (κ3) is 2.85. The predicted octanol–water partition coefficient (Wildman–Crippen LogP) is 0.445. The van der Waals surface area contributed by atoms with Gasteiger partial charge in [-0.15, -0.1) is 0 Å². The molecule has 2 unspecified atom stereocenters. The summed E-state index contributed by atoms with van der Waals surface area (Å²) in [5, 5.41) is 13.2. The van der Waals surface area contributed by atoms with Gasteiger partial charge in [-0.3, -0.25) is 14.7 Å². The molecule has 0 bridgehead atoms. The Morgan fingerprint density at radius 2 is 2.00 bits per heavy atom. The quantitative estimate of drug-likeness (QED) is 0.764. The molecule has 2 heterocycles. The first-order valence-electron chi connectivity index (χ1n) is 7.66. The molecule has 132 valence electrons. The Hall–Kier alpha value is -2.87. The van der Waals surface area contributed by atoms with Crippen molar-refractivity contribution in [2.75, 3.05) is 7.11 Å². The van der Waals surface area contributed by atoms with E-state index in [0.717, 1.165) is 16.8 Å². The number of ether oxygens (including phenoxy) is 2. The summed E-state index contributed by atoms with van der Waals surface area (Å²) in [5.74, 6) is -0.153. The molecule has 1 aromatic carbocycles. The maximum atomic E-state index is 12.3. The zero-order chi connectivity index (χ0) is 18.4. The SMILES string of the molecule is COC(=O)c1ccc2c(c1)C(n1[nH]c(=O)ccc1=O)C(O)C(C)(C)O2. The van der Waals surface area contributed by atoms with Crippen LogP contribution in [0, 0.1) is 0 Å². The fraction of sp³-hybridized carbons (Fsp3) is 0.353. The number of benzene rings is 1. The number of hydrogen-bond donors (Lipinski definition) is 2. The average molecular weight is 346 g/mol. The summed E-state index contributed by atoms with van der Waals surface area (Å²) in [5.41, 5.74) is -1.35. The number of esters is 1. The fourth-order valence-corrected chi connectivity index (χ4v) is 2.94. The van der Waals surface area contributed by atoms with Crippen molar-refractivity contribution in [3.05, 3.63) is 62.2 Å². The summed E-state index contributed by atoms with van der Waals surface area (Å²) < 4.78 is 11.6. The van der Waals surface area contributed by atoms with E-state index in [9.17, 15) is 19.5 Å². The molecule has 0 saturated carbocycles. The van der Waals surface area contributed by atoms with Gasteiger partial charge in [-0.05, 0) is 32.0 Å². The molecule has 2 aromatic rings. The summed E-state index contributed by atoms with van der Waals surface area (Å²) in [6, 6.07) is 5.91. The summed E-state index contributed by atoms with van der Waals surface area (Å²) in [6.45, 7) is 3.35. The van der Waals surface area contributed by atoms with E-state index in [0.29, 0.717) is 11.3 Å². The molecule has 2 atom stereocenters. The van der Waals surface area contributed by atoms with Crippen molar-refractivity contribution in [1.29, 1.82) is 0 Å². The van der Waals surface area contributed by atoms with Crippen molar-refractivity contribution in [2.24, 2.45) is 0 Å². The number of methoxy groups -OCH3 is 1. The van der Waals surface area contributed by atoms with Crippen molar-refractivity contribution >= 4 is 5.97 Å². The van der Waals surface area contributed by atoms with E-state index in [4.69, 9.17) is 9.47 Å². The van der Waals surface area contributed by atoms with Crippen LogP contribution in [-0.4, -0.2) is 39.7 Å². The number of aromatic amines is 1. The highest BCUT2D eigenvalue weighted by Crippen LogP contribution is 2.41. The van der Waals surface area contributed by atoms with Crippen LogP contribution in [0.4, 0.5) is 0 Å². The molecule has 0 amide bonds. The monoisotopic (exact) mass is 346 g/mol. The lowest BCUT2D eigenvalue weighted by molar-refractivity contribution is -0.0668. The predicted molar refractivity (Wildman–Crippen MR) is 88.0 cm³/mol. The second-order valence-electron chi connectivity index (χ2n) is 6.36. The number of rotatable bonds is 2. The third-order valence-electron chi connectivity index (χ3n) is 4.26. The normalized spacial score (nSPS) is 21.1. The molecule has 1 aliphatic rings. The summed E-state index contributed by atoms with van der Waals surface area (Å²) in [7, 11) is 1.26. The maximum absolute atomic E-state index is 12.3. The largest absolute Gasteiger partial charge is 0.485 e. The Labute approximate surface area is 142 Å². The first-order chi connectivity index (χ1) is 11.7. The van der Waals surface area contributed by atoms with Crippen LogP contribution in [0.3, 0.4) is 0 Å². The average Bonchev–Trinajstić information content (AvgIpc) is 2.57. The Bertz CT molecular complexity index is 943. The number of hydrogen-bond acceptors (Lipinski definition) is 6. The van der Waals surface area contributed by atoms with Crippen LogP contribution in [0.2, 0.25) is 0 Å². The van der Waals surface area contributed by atoms with Crippen LogP contribution < -0.4 is 15.9 Å². The van der Waals surface area contributed by atoms with Gasteiger partial charge in [-0.25, -0.2) is 9.48 Å². The van der Waals surface area contributed by atoms with E-state index in [1.54, 1.807) is 19.9 Å². The van der Waals surface area contributed by atoms with Crippen molar-refractivity contribution < 1.29 is 19.4 Å². The highest BCUT2D eigenvalue weighted by Gasteiger charge is 2.44. The van der Waals surface area contributed by atoms with Gasteiger partial charge in [0.15, 0.2) is 0 Å². The van der Waals surface area contributed by atoms with E-state index in [2.05, 4.69) is 5.10 Å². The fourth-order valence-electron chi connectivity index (χ4n) is 2.94. The molecule has 0 fully saturated rings. The summed E-state index contributed by atoms with van der Waals surface area (Å²) in [6.07, 6.45) is -1.15. The number of aliphatic hydroxyl groups excluding tert-OH is 1. The Kier molecular flexibility index (Phi) is 4.00. The van der Waals surface area contributed by atoms with Crippen LogP contribution in [0.15, 0.2) is 39.9 Å². The zero-order valence-electron chi connectivity index (χ0n) is 14.0. The van der Waals surface area contributed by atoms with Gasteiger partial charge in [0.05, 0.1) is 12.7 Å². The van der Waals surface area contributed by atoms with Crippen LogP contribution in [0.25, 0.3) is 0 Å². The standard InChI is InChI=1S/C17H18N2O6/c1-17(2)15(22)14(19-13(21)7-6-12(20)18-19)10-8-9(16(23)24-3)4-5-11(10)25-17/h4-8,14-15,22H,1-3H3,(H,18,20). The minimum absolute atomic E-state index is 0.244. The van der Waals surface area contributed by atoms with Gasteiger partial charge in [0.25, 0.3) is 11.1 Å². The van der Waals surface area contributed by atoms with Gasteiger partial charge in [0, 0.05) is 17.7 Å². The van der Waals surface area contributed by atoms with Crippen molar-refractivity contribution in [1.82, 2.24) is 9.78 Å². The molecule has 0 aliphatic carbocycles. The van der Waals surface area contributed by atoms with Gasteiger partial charge >= 0.3 is 5.97 Å². The van der Waals surface area contributed by atoms with Gasteiger partial charge in [-0.1, -0.05) is 0 Å². The molecule has 0 spiro atoms. The second-order valence-corrected chi connectivity index (χ2v) is 6.36. The molecule has 8 heteroatoms. The van der Waals surface area contributed by atoms with Crippen LogP contribution >= 0.6 is 0 Å². The number of nitrogens with one attached hydrogen (secondary N) is 1. The summed E-state index contributed by atoms with van der Waals surface area (Å²) in [4.78, 5) is 35.8. The number of H-pyrrole nitrogens is 1. The molecule has 2 N–H and O–H groups in total. The van der Waals surface area contributed by atoms with E-state index in [1.807, 2.05) is 0 Å². The lowest BCUT2D eigenvalue weighted by Crippen LogP contribution is -2.53. The minimum atomic E-state index is -1.15. The number of nitrogens with zero attached hydrogens (tertiary/aromatic N) is 1. The third-order valence-corrected chi connectivity index (χ3v) is 4.26. The Balaban J connectivity index is 2.26. The number of aromatic nitrogens is 2. The maximum Gasteiger partial charge on any atom is 0.337 e. The molecule has 25 heavy (non-hydrogen) atoms. The molecule has 0 saturated heterocycles. The lowest BCUT2D eigenvalue weighted by Gasteiger charge is -2.42. The van der Waals surface area contributed by atoms with Crippen molar-refractivity contribution in [2.45, 2.75) is 31.6 Å². The smallest absolute Gasteiger partial charge is 0.337 e. The highest BCUT2D eigenvalue weighted by atomic mass is 16.5. The first kappa shape index (κ1) is 17.0. The molecule has 1 aliphatic heterocycles.